The highest BCUT2D eigenvalue weighted by molar-refractivity contribution is 7.19. The quantitative estimate of drug-likeness (QED) is 0.797. The summed E-state index contributed by atoms with van der Waals surface area (Å²) in [4.78, 5) is 16.4. The van der Waals surface area contributed by atoms with E-state index in [2.05, 4.69) is 4.98 Å². The molecule has 2 heterocycles. The highest BCUT2D eigenvalue weighted by Crippen LogP contribution is 2.36. The van der Waals surface area contributed by atoms with Crippen LogP contribution in [0, 0.1) is 0 Å². The van der Waals surface area contributed by atoms with Gasteiger partial charge >= 0.3 is 5.97 Å². The van der Waals surface area contributed by atoms with E-state index in [9.17, 15) is 9.90 Å². The number of carboxylic acids is 1. The Morgan fingerprint density at radius 3 is 2.95 bits per heavy atom. The maximum atomic E-state index is 11.4. The minimum absolute atomic E-state index is 0.257. The standard InChI is InChI=1S/C13H10N2O3S/c1-18-9-5-3-2-4-8(9)10-11(12(16)17)19-13-14-6-7-15(10)13/h2-7H,1H3,(H,16,17). The van der Waals surface area contributed by atoms with Gasteiger partial charge in [0.05, 0.1) is 12.8 Å². The van der Waals surface area contributed by atoms with Gasteiger partial charge in [-0.1, -0.05) is 23.5 Å². The third-order valence-electron chi connectivity index (χ3n) is 2.81. The Morgan fingerprint density at radius 1 is 1.42 bits per heavy atom. The Morgan fingerprint density at radius 2 is 2.21 bits per heavy atom. The normalized spacial score (nSPS) is 10.8. The largest absolute Gasteiger partial charge is 0.496 e. The number of imidazole rings is 1. The molecule has 0 atom stereocenters. The van der Waals surface area contributed by atoms with E-state index in [0.29, 0.717) is 16.4 Å². The molecule has 3 aromatic rings. The van der Waals surface area contributed by atoms with E-state index in [4.69, 9.17) is 4.74 Å². The van der Waals surface area contributed by atoms with Crippen molar-refractivity contribution in [1.82, 2.24) is 9.38 Å². The fraction of sp³-hybridized carbons (Fsp3) is 0.0769. The van der Waals surface area contributed by atoms with Gasteiger partial charge in [-0.05, 0) is 12.1 Å². The highest BCUT2D eigenvalue weighted by atomic mass is 32.1. The van der Waals surface area contributed by atoms with Crippen molar-refractivity contribution in [3.63, 3.8) is 0 Å². The summed E-state index contributed by atoms with van der Waals surface area (Å²) in [5.74, 6) is -0.324. The number of benzene rings is 1. The monoisotopic (exact) mass is 274 g/mol. The van der Waals surface area contributed by atoms with Crippen molar-refractivity contribution in [2.24, 2.45) is 0 Å². The number of fused-ring (bicyclic) bond motifs is 1. The molecular weight excluding hydrogens is 264 g/mol. The molecule has 0 aliphatic carbocycles. The van der Waals surface area contributed by atoms with Gasteiger partial charge < -0.3 is 9.84 Å². The molecule has 1 aromatic carbocycles. The Balaban J connectivity index is 2.36. The Hall–Kier alpha value is -2.34. The number of rotatable bonds is 3. The van der Waals surface area contributed by atoms with Gasteiger partial charge in [-0.25, -0.2) is 9.78 Å². The van der Waals surface area contributed by atoms with Crippen LogP contribution < -0.4 is 4.74 Å². The van der Waals surface area contributed by atoms with Gasteiger partial charge in [0.1, 0.15) is 10.6 Å². The molecule has 19 heavy (non-hydrogen) atoms. The molecule has 0 bridgehead atoms. The van der Waals surface area contributed by atoms with E-state index in [1.54, 1.807) is 30.0 Å². The number of nitrogens with zero attached hydrogens (tertiary/aromatic N) is 2. The zero-order chi connectivity index (χ0) is 13.4. The number of hydrogen-bond acceptors (Lipinski definition) is 4. The van der Waals surface area contributed by atoms with E-state index in [1.807, 2.05) is 18.2 Å². The van der Waals surface area contributed by atoms with Crippen molar-refractivity contribution in [3.8, 4) is 17.0 Å². The smallest absolute Gasteiger partial charge is 0.348 e. The van der Waals surface area contributed by atoms with Crippen molar-refractivity contribution in [1.29, 1.82) is 0 Å². The number of ether oxygens (including phenoxy) is 1. The second-order valence-electron chi connectivity index (χ2n) is 3.87. The summed E-state index contributed by atoms with van der Waals surface area (Å²) < 4.78 is 7.08. The third kappa shape index (κ3) is 1.77. The maximum Gasteiger partial charge on any atom is 0.348 e. The fourth-order valence-electron chi connectivity index (χ4n) is 2.02. The molecule has 1 N–H and O–H groups in total. The Kier molecular flexibility index (Phi) is 2.72. The Labute approximate surface area is 112 Å². The topological polar surface area (TPSA) is 63.8 Å². The van der Waals surface area contributed by atoms with Crippen LogP contribution in [0.3, 0.4) is 0 Å². The van der Waals surface area contributed by atoms with Gasteiger partial charge in [-0.15, -0.1) is 0 Å². The van der Waals surface area contributed by atoms with Crippen LogP contribution in [0.4, 0.5) is 0 Å². The lowest BCUT2D eigenvalue weighted by Crippen LogP contribution is -1.98. The molecule has 0 fully saturated rings. The summed E-state index contributed by atoms with van der Waals surface area (Å²) in [5.41, 5.74) is 1.34. The van der Waals surface area contributed by atoms with E-state index in [-0.39, 0.29) is 4.88 Å². The van der Waals surface area contributed by atoms with Gasteiger partial charge in [0.25, 0.3) is 0 Å². The van der Waals surface area contributed by atoms with Crippen LogP contribution in [0.1, 0.15) is 9.67 Å². The summed E-state index contributed by atoms with van der Waals surface area (Å²) in [5, 5.41) is 9.34. The number of hydrogen-bond donors (Lipinski definition) is 1. The van der Waals surface area contributed by atoms with E-state index in [1.165, 1.54) is 0 Å². The predicted octanol–water partition coefficient (Wildman–Crippen LogP) is 2.77. The minimum atomic E-state index is -0.962. The molecule has 0 unspecified atom stereocenters. The molecule has 0 aliphatic rings. The number of carbonyl (C=O) groups is 1. The lowest BCUT2D eigenvalue weighted by molar-refractivity contribution is 0.0702. The van der Waals surface area contributed by atoms with Crippen molar-refractivity contribution in [2.45, 2.75) is 0 Å². The van der Waals surface area contributed by atoms with Crippen molar-refractivity contribution < 1.29 is 14.6 Å². The zero-order valence-electron chi connectivity index (χ0n) is 10.0. The summed E-state index contributed by atoms with van der Waals surface area (Å²) in [6.45, 7) is 0. The average Bonchev–Trinajstić information content (AvgIpc) is 2.98. The van der Waals surface area contributed by atoms with E-state index in [0.717, 1.165) is 16.9 Å². The molecule has 0 spiro atoms. The summed E-state index contributed by atoms with van der Waals surface area (Å²) in [6.07, 6.45) is 3.40. The number of para-hydroxylation sites is 1. The van der Waals surface area contributed by atoms with Crippen molar-refractivity contribution >= 4 is 22.3 Å². The second kappa shape index (κ2) is 4.40. The molecular formula is C13H10N2O3S. The summed E-state index contributed by atoms with van der Waals surface area (Å²) in [7, 11) is 1.57. The molecule has 3 rings (SSSR count). The van der Waals surface area contributed by atoms with Crippen LogP contribution in [0.25, 0.3) is 16.2 Å². The first kappa shape index (κ1) is 11.7. The predicted molar refractivity (Wildman–Crippen MR) is 72.0 cm³/mol. The number of aromatic carboxylic acids is 1. The summed E-state index contributed by atoms with van der Waals surface area (Å²) >= 11 is 1.15. The number of carboxylic acid groups (broad SMARTS) is 1. The highest BCUT2D eigenvalue weighted by Gasteiger charge is 2.22. The van der Waals surface area contributed by atoms with Gasteiger partial charge in [-0.2, -0.15) is 0 Å². The van der Waals surface area contributed by atoms with Gasteiger partial charge in [0, 0.05) is 18.0 Å². The Bertz CT molecular complexity index is 760. The number of methoxy groups -OCH3 is 1. The number of thiazole rings is 1. The molecule has 96 valence electrons. The van der Waals surface area contributed by atoms with Crippen molar-refractivity contribution in [3.05, 3.63) is 41.5 Å². The van der Waals surface area contributed by atoms with Gasteiger partial charge in [-0.3, -0.25) is 4.40 Å². The SMILES string of the molecule is COc1ccccc1-c1c(C(=O)O)sc2nccn12. The third-order valence-corrected chi connectivity index (χ3v) is 3.87. The molecule has 0 radical (unpaired) electrons. The first-order chi connectivity index (χ1) is 9.22. The lowest BCUT2D eigenvalue weighted by atomic mass is 10.1. The van der Waals surface area contributed by atoms with Crippen LogP contribution in [-0.2, 0) is 0 Å². The van der Waals surface area contributed by atoms with Gasteiger partial charge in [0.15, 0.2) is 4.96 Å². The van der Waals surface area contributed by atoms with Crippen LogP contribution in [-0.4, -0.2) is 27.6 Å². The van der Waals surface area contributed by atoms with Gasteiger partial charge in [0.2, 0.25) is 0 Å². The maximum absolute atomic E-state index is 11.4. The average molecular weight is 274 g/mol. The molecule has 0 saturated carbocycles. The molecule has 0 saturated heterocycles. The second-order valence-corrected chi connectivity index (χ2v) is 4.84. The molecule has 2 aromatic heterocycles. The molecule has 5 nitrogen and oxygen atoms in total. The number of aromatic nitrogens is 2. The van der Waals surface area contributed by atoms with Crippen molar-refractivity contribution in [2.75, 3.05) is 7.11 Å². The molecule has 0 amide bonds. The van der Waals surface area contributed by atoms with E-state index < -0.39 is 5.97 Å². The van der Waals surface area contributed by atoms with Crippen LogP contribution in [0.5, 0.6) is 5.75 Å². The molecule has 0 aliphatic heterocycles. The van der Waals surface area contributed by atoms with Crippen LogP contribution >= 0.6 is 11.3 Å². The van der Waals surface area contributed by atoms with Crippen LogP contribution in [0.2, 0.25) is 0 Å². The fourth-order valence-corrected chi connectivity index (χ4v) is 2.96. The van der Waals surface area contributed by atoms with Crippen LogP contribution in [0.15, 0.2) is 36.7 Å². The molecule has 6 heteroatoms. The van der Waals surface area contributed by atoms with E-state index >= 15 is 0 Å². The lowest BCUT2D eigenvalue weighted by Gasteiger charge is -2.08. The summed E-state index contributed by atoms with van der Waals surface area (Å²) in [6, 6.07) is 7.35. The zero-order valence-corrected chi connectivity index (χ0v) is 10.8. The minimum Gasteiger partial charge on any atom is -0.496 e. The first-order valence-corrected chi connectivity index (χ1v) is 6.36. The first-order valence-electron chi connectivity index (χ1n) is 5.55.